The van der Waals surface area contributed by atoms with Crippen molar-refractivity contribution in [1.82, 2.24) is 15.1 Å². The number of rotatable bonds is 6. The lowest BCUT2D eigenvalue weighted by Crippen LogP contribution is -2.41. The summed E-state index contributed by atoms with van der Waals surface area (Å²) >= 11 is 0. The van der Waals surface area contributed by atoms with Gasteiger partial charge in [-0.3, -0.25) is 4.79 Å². The maximum atomic E-state index is 12.8. The van der Waals surface area contributed by atoms with Gasteiger partial charge in [-0.1, -0.05) is 31.4 Å². The van der Waals surface area contributed by atoms with E-state index < -0.39 is 0 Å². The Morgan fingerprint density at radius 2 is 2.06 bits per heavy atom. The van der Waals surface area contributed by atoms with Crippen LogP contribution in [0.3, 0.4) is 0 Å². The van der Waals surface area contributed by atoms with Crippen LogP contribution in [0, 0.1) is 5.92 Å². The van der Waals surface area contributed by atoms with Crippen LogP contribution in [-0.2, 0) is 4.79 Å². The summed E-state index contributed by atoms with van der Waals surface area (Å²) in [5.41, 5.74) is 4.78. The lowest BCUT2D eigenvalue weighted by atomic mass is 9.95. The van der Waals surface area contributed by atoms with E-state index in [2.05, 4.69) is 48.7 Å². The number of carbonyl (C=O) groups is 1. The number of carbonyl (C=O) groups excluding carboxylic acids is 1. The number of methoxy groups -OCH3 is 1. The van der Waals surface area contributed by atoms with Gasteiger partial charge in [0.05, 0.1) is 7.11 Å². The number of aliphatic imine (C=N–C) groups is 1. The number of benzene rings is 1. The molecule has 1 fully saturated rings. The Kier molecular flexibility index (Phi) is 6.49. The summed E-state index contributed by atoms with van der Waals surface area (Å²) in [4.78, 5) is 21.8. The molecule has 1 saturated heterocycles. The van der Waals surface area contributed by atoms with Crippen molar-refractivity contribution in [3.63, 3.8) is 0 Å². The number of nitrogens with zero attached hydrogens (tertiary/aromatic N) is 3. The standard InChI is InChI=1S/C26H32N4O2/c1-18-7-6-14-30(20(18)3)17-21-12-15-29(16-13-21)25(31)11-10-24-27-19(2)22-8-5-9-23(32-4)26(22)28-24/h5-9,14,21H,2-3,10-13,15-17H2,1,4H3,(H,27,28). The molecule has 0 bridgehead atoms. The molecule has 3 aliphatic rings. The van der Waals surface area contributed by atoms with E-state index in [9.17, 15) is 4.79 Å². The van der Waals surface area contributed by atoms with Gasteiger partial charge in [-0.05, 0) is 43.4 Å². The monoisotopic (exact) mass is 432 g/mol. The van der Waals surface area contributed by atoms with E-state index in [0.29, 0.717) is 24.5 Å². The molecule has 32 heavy (non-hydrogen) atoms. The van der Waals surface area contributed by atoms with Gasteiger partial charge in [-0.2, -0.15) is 0 Å². The highest BCUT2D eigenvalue weighted by Gasteiger charge is 2.25. The maximum Gasteiger partial charge on any atom is 0.223 e. The molecular formula is C26H32N4O2. The highest BCUT2D eigenvalue weighted by molar-refractivity contribution is 6.00. The number of hydrogen-bond donors (Lipinski definition) is 1. The Balaban J connectivity index is 1.28. The molecule has 1 aromatic carbocycles. The van der Waals surface area contributed by atoms with E-state index in [1.165, 1.54) is 5.57 Å². The smallest absolute Gasteiger partial charge is 0.223 e. The largest absolute Gasteiger partial charge is 0.494 e. The third kappa shape index (κ3) is 4.64. The fraction of sp³-hybridized carbons (Fsp3) is 0.385. The number of hydrogen-bond acceptors (Lipinski definition) is 5. The van der Waals surface area contributed by atoms with E-state index in [4.69, 9.17) is 9.73 Å². The van der Waals surface area contributed by atoms with Crippen LogP contribution >= 0.6 is 0 Å². The molecule has 0 atom stereocenters. The fourth-order valence-corrected chi connectivity index (χ4v) is 4.47. The molecule has 3 heterocycles. The molecule has 6 heteroatoms. The van der Waals surface area contributed by atoms with Crippen LogP contribution in [0.25, 0.3) is 5.70 Å². The number of amidine groups is 1. The minimum Gasteiger partial charge on any atom is -0.494 e. The van der Waals surface area contributed by atoms with Gasteiger partial charge in [0.2, 0.25) is 5.91 Å². The average Bonchev–Trinajstić information content (AvgIpc) is 2.80. The Labute approximate surface area is 190 Å². The molecule has 0 saturated carbocycles. The molecule has 4 rings (SSSR count). The van der Waals surface area contributed by atoms with Crippen LogP contribution in [-0.4, -0.2) is 48.3 Å². The molecule has 0 aromatic heterocycles. The molecule has 3 aliphatic heterocycles. The Hall–Kier alpha value is -3.28. The first-order valence-corrected chi connectivity index (χ1v) is 11.3. The van der Waals surface area contributed by atoms with Crippen molar-refractivity contribution < 1.29 is 9.53 Å². The minimum atomic E-state index is 0.186. The predicted molar refractivity (Wildman–Crippen MR) is 130 cm³/mol. The van der Waals surface area contributed by atoms with Crippen molar-refractivity contribution in [3.05, 3.63) is 66.5 Å². The van der Waals surface area contributed by atoms with Crippen LogP contribution in [0.15, 0.2) is 66.0 Å². The molecule has 168 valence electrons. The summed E-state index contributed by atoms with van der Waals surface area (Å²) < 4.78 is 5.44. The van der Waals surface area contributed by atoms with E-state index in [0.717, 1.165) is 61.0 Å². The van der Waals surface area contributed by atoms with Crippen molar-refractivity contribution in [1.29, 1.82) is 0 Å². The molecule has 0 radical (unpaired) electrons. The fourth-order valence-electron chi connectivity index (χ4n) is 4.47. The second-order valence-electron chi connectivity index (χ2n) is 8.63. The van der Waals surface area contributed by atoms with Crippen LogP contribution < -0.4 is 10.1 Å². The van der Waals surface area contributed by atoms with Crippen molar-refractivity contribution >= 4 is 23.1 Å². The summed E-state index contributed by atoms with van der Waals surface area (Å²) in [5.74, 6) is 2.23. The average molecular weight is 433 g/mol. The van der Waals surface area contributed by atoms with Crippen LogP contribution in [0.4, 0.5) is 5.69 Å². The van der Waals surface area contributed by atoms with Crippen LogP contribution in [0.2, 0.25) is 0 Å². The van der Waals surface area contributed by atoms with E-state index in [1.54, 1.807) is 7.11 Å². The number of para-hydroxylation sites is 1. The quantitative estimate of drug-likeness (QED) is 0.713. The molecule has 1 N–H and O–H groups in total. The number of nitrogens with one attached hydrogen (secondary N) is 1. The lowest BCUT2D eigenvalue weighted by molar-refractivity contribution is -0.132. The van der Waals surface area contributed by atoms with Gasteiger partial charge in [-0.15, -0.1) is 0 Å². The Morgan fingerprint density at radius 1 is 1.28 bits per heavy atom. The third-order valence-corrected chi connectivity index (χ3v) is 6.50. The number of piperidine rings is 1. The van der Waals surface area contributed by atoms with Gasteiger partial charge in [0.25, 0.3) is 0 Å². The summed E-state index contributed by atoms with van der Waals surface area (Å²) in [6.45, 7) is 13.0. The minimum absolute atomic E-state index is 0.186. The SMILES string of the molecule is C=C1NC(CCC(=O)N2CCC(CN3C=CC=C(C)C3=C)CC2)=Nc2c(OC)cccc21. The number of amides is 1. The highest BCUT2D eigenvalue weighted by Crippen LogP contribution is 2.37. The molecule has 6 nitrogen and oxygen atoms in total. The highest BCUT2D eigenvalue weighted by atomic mass is 16.5. The van der Waals surface area contributed by atoms with Crippen LogP contribution in [0.5, 0.6) is 5.75 Å². The zero-order chi connectivity index (χ0) is 22.7. The predicted octanol–water partition coefficient (Wildman–Crippen LogP) is 4.61. The summed E-state index contributed by atoms with van der Waals surface area (Å²) in [7, 11) is 1.64. The van der Waals surface area contributed by atoms with Gasteiger partial charge >= 0.3 is 0 Å². The van der Waals surface area contributed by atoms with E-state index >= 15 is 0 Å². The number of fused-ring (bicyclic) bond motifs is 1. The van der Waals surface area contributed by atoms with E-state index in [1.807, 2.05) is 23.1 Å². The number of ether oxygens (including phenoxy) is 1. The van der Waals surface area contributed by atoms with Crippen molar-refractivity contribution in [3.8, 4) is 5.75 Å². The molecule has 0 spiro atoms. The number of allylic oxidation sites excluding steroid dienone is 3. The molecule has 1 aromatic rings. The van der Waals surface area contributed by atoms with Gasteiger partial charge in [0, 0.05) is 55.6 Å². The van der Waals surface area contributed by atoms with Crippen molar-refractivity contribution in [2.24, 2.45) is 10.9 Å². The first-order chi connectivity index (χ1) is 15.5. The Bertz CT molecular complexity index is 1010. The molecule has 0 aliphatic carbocycles. The van der Waals surface area contributed by atoms with Crippen molar-refractivity contribution in [2.45, 2.75) is 32.6 Å². The topological polar surface area (TPSA) is 57.2 Å². The first-order valence-electron chi connectivity index (χ1n) is 11.3. The third-order valence-electron chi connectivity index (χ3n) is 6.50. The van der Waals surface area contributed by atoms with Gasteiger partial charge < -0.3 is 19.9 Å². The zero-order valence-corrected chi connectivity index (χ0v) is 19.1. The second-order valence-corrected chi connectivity index (χ2v) is 8.63. The summed E-state index contributed by atoms with van der Waals surface area (Å²) in [5, 5.41) is 3.25. The van der Waals surface area contributed by atoms with Crippen LogP contribution in [0.1, 0.15) is 38.2 Å². The van der Waals surface area contributed by atoms with Gasteiger partial charge in [-0.25, -0.2) is 4.99 Å². The summed E-state index contributed by atoms with van der Waals surface area (Å²) in [6.07, 6.45) is 9.30. The normalized spacial score (nSPS) is 18.7. The maximum absolute atomic E-state index is 12.8. The Morgan fingerprint density at radius 3 is 2.81 bits per heavy atom. The summed E-state index contributed by atoms with van der Waals surface area (Å²) in [6, 6.07) is 5.78. The zero-order valence-electron chi connectivity index (χ0n) is 19.1. The van der Waals surface area contributed by atoms with Crippen molar-refractivity contribution in [2.75, 3.05) is 26.7 Å². The van der Waals surface area contributed by atoms with Gasteiger partial charge in [0.1, 0.15) is 17.3 Å². The van der Waals surface area contributed by atoms with Gasteiger partial charge in [0.15, 0.2) is 0 Å². The number of likely N-dealkylation sites (tertiary alicyclic amines) is 1. The second kappa shape index (κ2) is 9.47. The molecular weight excluding hydrogens is 400 g/mol. The lowest BCUT2D eigenvalue weighted by Gasteiger charge is -2.36. The van der Waals surface area contributed by atoms with E-state index in [-0.39, 0.29) is 5.91 Å². The molecule has 0 unspecified atom stereocenters. The molecule has 1 amide bonds. The first kappa shape index (κ1) is 21.9.